The predicted octanol–water partition coefficient (Wildman–Crippen LogP) is 4.30. The number of hydrogen-bond donors (Lipinski definition) is 0. The van der Waals surface area contributed by atoms with Crippen molar-refractivity contribution in [2.24, 2.45) is 20.0 Å². The van der Waals surface area contributed by atoms with Crippen LogP contribution in [0.25, 0.3) is 11.4 Å². The maximum Gasteiger partial charge on any atom is 0.416 e. The van der Waals surface area contributed by atoms with E-state index in [0.717, 1.165) is 66.0 Å². The van der Waals surface area contributed by atoms with Crippen LogP contribution in [-0.2, 0) is 25.7 Å². The van der Waals surface area contributed by atoms with Gasteiger partial charge in [-0.25, -0.2) is 0 Å². The van der Waals surface area contributed by atoms with Gasteiger partial charge in [-0.05, 0) is 49.9 Å². The van der Waals surface area contributed by atoms with Gasteiger partial charge in [0, 0.05) is 44.0 Å². The molecule has 33 heavy (non-hydrogen) atoms. The van der Waals surface area contributed by atoms with Crippen molar-refractivity contribution >= 4 is 11.8 Å². The van der Waals surface area contributed by atoms with Crippen molar-refractivity contribution in [3.63, 3.8) is 0 Å². The number of aromatic nitrogens is 5. The molecule has 0 amide bonds. The Morgan fingerprint density at radius 2 is 1.91 bits per heavy atom. The quantitative estimate of drug-likeness (QED) is 0.376. The van der Waals surface area contributed by atoms with Crippen LogP contribution in [0.15, 0.2) is 35.6 Å². The van der Waals surface area contributed by atoms with Crippen LogP contribution in [0.5, 0.6) is 0 Å². The molecular formula is C23H27F3N6S. The zero-order chi connectivity index (χ0) is 23.4. The number of nitrogens with zero attached hydrogens (tertiary/aromatic N) is 6. The van der Waals surface area contributed by atoms with E-state index in [9.17, 15) is 13.2 Å². The SMILES string of the molecule is Cc1c(-c2nnc(SCCCN3CC4C[C@]4(c4ccc(C(F)(F)F)cc4)C3)n2C)cnn1C. The van der Waals surface area contributed by atoms with Gasteiger partial charge in [-0.3, -0.25) is 4.68 Å². The summed E-state index contributed by atoms with van der Waals surface area (Å²) in [5, 5.41) is 13.9. The first kappa shape index (κ1) is 22.5. The first-order valence-corrected chi connectivity index (χ1v) is 12.1. The van der Waals surface area contributed by atoms with Crippen LogP contribution in [-0.4, -0.2) is 54.8 Å². The largest absolute Gasteiger partial charge is 0.416 e. The van der Waals surface area contributed by atoms with Crippen LogP contribution in [0.1, 0.15) is 29.7 Å². The summed E-state index contributed by atoms with van der Waals surface area (Å²) in [4.78, 5) is 2.45. The van der Waals surface area contributed by atoms with Gasteiger partial charge >= 0.3 is 6.18 Å². The molecule has 5 rings (SSSR count). The molecule has 1 aromatic carbocycles. The first-order valence-electron chi connectivity index (χ1n) is 11.1. The minimum Gasteiger partial charge on any atom is -0.305 e. The maximum absolute atomic E-state index is 12.9. The summed E-state index contributed by atoms with van der Waals surface area (Å²) in [6, 6.07) is 5.80. The number of alkyl halides is 3. The Morgan fingerprint density at radius 1 is 1.15 bits per heavy atom. The number of aryl methyl sites for hydroxylation is 1. The second kappa shape index (κ2) is 8.16. The summed E-state index contributed by atoms with van der Waals surface area (Å²) in [5.41, 5.74) is 2.57. The van der Waals surface area contributed by atoms with Gasteiger partial charge in [0.2, 0.25) is 0 Å². The molecule has 1 saturated carbocycles. The number of halogens is 3. The molecule has 0 radical (unpaired) electrons. The fourth-order valence-corrected chi connectivity index (χ4v) is 5.87. The van der Waals surface area contributed by atoms with E-state index in [2.05, 4.69) is 20.2 Å². The van der Waals surface area contributed by atoms with Crippen molar-refractivity contribution in [3.8, 4) is 11.4 Å². The highest BCUT2D eigenvalue weighted by Crippen LogP contribution is 2.59. The second-order valence-electron chi connectivity index (χ2n) is 9.20. The summed E-state index contributed by atoms with van der Waals surface area (Å²) in [5.74, 6) is 2.32. The number of likely N-dealkylation sites (tertiary alicyclic amines) is 1. The van der Waals surface area contributed by atoms with Crippen LogP contribution in [0.2, 0.25) is 0 Å². The molecule has 176 valence electrons. The fraction of sp³-hybridized carbons (Fsp3) is 0.522. The highest BCUT2D eigenvalue weighted by Gasteiger charge is 2.60. The van der Waals surface area contributed by atoms with Crippen molar-refractivity contribution in [2.45, 2.75) is 36.5 Å². The highest BCUT2D eigenvalue weighted by molar-refractivity contribution is 7.99. The molecule has 6 nitrogen and oxygen atoms in total. The molecule has 0 bridgehead atoms. The molecule has 1 unspecified atom stereocenters. The molecule has 2 aromatic heterocycles. The zero-order valence-electron chi connectivity index (χ0n) is 18.9. The molecule has 1 aliphatic carbocycles. The van der Waals surface area contributed by atoms with Crippen molar-refractivity contribution in [3.05, 3.63) is 47.3 Å². The standard InChI is InChI=1S/C23H27F3N6S/c1-15-19(12-27-31(15)3)20-28-29-21(30(20)2)33-10-4-9-32-13-18-11-22(18,14-32)16-5-7-17(8-6-16)23(24,25)26/h5-8,12,18H,4,9-11,13-14H2,1-3H3/t18?,22-/m1/s1. The summed E-state index contributed by atoms with van der Waals surface area (Å²) in [6.07, 6.45) is -0.356. The third-order valence-electron chi connectivity index (χ3n) is 7.16. The molecular weight excluding hydrogens is 449 g/mol. The molecule has 10 heteroatoms. The van der Waals surface area contributed by atoms with Gasteiger partial charge in [0.05, 0.1) is 17.3 Å². The minimum absolute atomic E-state index is 0.0529. The van der Waals surface area contributed by atoms with Crippen molar-refractivity contribution in [1.82, 2.24) is 29.4 Å². The Bertz CT molecular complexity index is 1150. The van der Waals surface area contributed by atoms with Gasteiger partial charge in [0.1, 0.15) is 0 Å². The van der Waals surface area contributed by atoms with Gasteiger partial charge in [0.25, 0.3) is 0 Å². The number of fused-ring (bicyclic) bond motifs is 1. The lowest BCUT2D eigenvalue weighted by molar-refractivity contribution is -0.137. The van der Waals surface area contributed by atoms with E-state index in [1.54, 1.807) is 23.9 Å². The maximum atomic E-state index is 12.9. The van der Waals surface area contributed by atoms with E-state index in [-0.39, 0.29) is 5.41 Å². The van der Waals surface area contributed by atoms with Gasteiger partial charge < -0.3 is 9.47 Å². The lowest BCUT2D eigenvalue weighted by atomic mass is 9.94. The third-order valence-corrected chi connectivity index (χ3v) is 8.27. The van der Waals surface area contributed by atoms with Crippen LogP contribution >= 0.6 is 11.8 Å². The van der Waals surface area contributed by atoms with Crippen molar-refractivity contribution < 1.29 is 13.2 Å². The average Bonchev–Trinajstić information content (AvgIpc) is 3.01. The minimum atomic E-state index is -4.28. The molecule has 0 N–H and O–H groups in total. The predicted molar refractivity (Wildman–Crippen MR) is 121 cm³/mol. The van der Waals surface area contributed by atoms with Gasteiger partial charge in [0.15, 0.2) is 11.0 Å². The zero-order valence-corrected chi connectivity index (χ0v) is 19.7. The van der Waals surface area contributed by atoms with Gasteiger partial charge in [-0.1, -0.05) is 23.9 Å². The highest BCUT2D eigenvalue weighted by atomic mass is 32.2. The van der Waals surface area contributed by atoms with Crippen molar-refractivity contribution in [1.29, 1.82) is 0 Å². The van der Waals surface area contributed by atoms with E-state index in [1.165, 1.54) is 12.1 Å². The molecule has 3 aromatic rings. The number of thioether (sulfide) groups is 1. The Labute approximate surface area is 195 Å². The monoisotopic (exact) mass is 476 g/mol. The van der Waals surface area contributed by atoms with E-state index in [4.69, 9.17) is 0 Å². The van der Waals surface area contributed by atoms with Crippen molar-refractivity contribution in [2.75, 3.05) is 25.4 Å². The number of rotatable bonds is 7. The van der Waals surface area contributed by atoms with E-state index in [0.29, 0.717) is 5.92 Å². The summed E-state index contributed by atoms with van der Waals surface area (Å²) in [6.45, 7) is 4.96. The molecule has 3 heterocycles. The average molecular weight is 477 g/mol. The normalized spacial score (nSPS) is 22.7. The first-order chi connectivity index (χ1) is 15.7. The lowest BCUT2D eigenvalue weighted by Crippen LogP contribution is -2.28. The number of piperidine rings is 1. The Hall–Kier alpha value is -2.33. The van der Waals surface area contributed by atoms with E-state index >= 15 is 0 Å². The smallest absolute Gasteiger partial charge is 0.305 e. The Kier molecular flexibility index (Phi) is 5.55. The van der Waals surface area contributed by atoms with E-state index < -0.39 is 11.7 Å². The number of hydrogen-bond acceptors (Lipinski definition) is 5. The van der Waals surface area contributed by atoms with Crippen LogP contribution < -0.4 is 0 Å². The molecule has 2 fully saturated rings. The topological polar surface area (TPSA) is 51.8 Å². The number of benzene rings is 1. The molecule has 1 saturated heterocycles. The molecule has 1 aliphatic heterocycles. The summed E-state index contributed by atoms with van der Waals surface area (Å²) >= 11 is 1.70. The van der Waals surface area contributed by atoms with Crippen LogP contribution in [0, 0.1) is 12.8 Å². The summed E-state index contributed by atoms with van der Waals surface area (Å²) < 4.78 is 42.4. The Balaban J connectivity index is 1.13. The summed E-state index contributed by atoms with van der Waals surface area (Å²) in [7, 11) is 3.89. The second-order valence-corrected chi connectivity index (χ2v) is 10.3. The molecule has 2 aliphatic rings. The fourth-order valence-electron chi connectivity index (χ4n) is 5.04. The van der Waals surface area contributed by atoms with E-state index in [1.807, 2.05) is 36.5 Å². The molecule has 0 spiro atoms. The third kappa shape index (κ3) is 4.07. The van der Waals surface area contributed by atoms with Gasteiger partial charge in [-0.2, -0.15) is 18.3 Å². The van der Waals surface area contributed by atoms with Crippen LogP contribution in [0.4, 0.5) is 13.2 Å². The Morgan fingerprint density at radius 3 is 2.58 bits per heavy atom. The lowest BCUT2D eigenvalue weighted by Gasteiger charge is -2.21. The molecule has 2 atom stereocenters. The van der Waals surface area contributed by atoms with Crippen LogP contribution in [0.3, 0.4) is 0 Å². The van der Waals surface area contributed by atoms with Gasteiger partial charge in [-0.15, -0.1) is 10.2 Å².